The molecular weight excluding hydrogens is 296 g/mol. The molecule has 1 aliphatic heterocycles. The van der Waals surface area contributed by atoms with Crippen molar-refractivity contribution in [3.05, 3.63) is 71.8 Å². The topological polar surface area (TPSA) is 40.0 Å². The van der Waals surface area contributed by atoms with Crippen molar-refractivity contribution in [2.45, 2.75) is 0 Å². The first-order chi connectivity index (χ1) is 11.7. The summed E-state index contributed by atoms with van der Waals surface area (Å²) in [5.41, 5.74) is 7.39. The summed E-state index contributed by atoms with van der Waals surface area (Å²) >= 11 is 0. The van der Waals surface area contributed by atoms with Gasteiger partial charge < -0.3 is 4.90 Å². The molecule has 118 valence electrons. The first-order valence-electron chi connectivity index (χ1n) is 7.90. The minimum Gasteiger partial charge on any atom is -0.378 e. The molecule has 1 heterocycles. The Kier molecular flexibility index (Phi) is 3.50. The standard InChI is InChI=1S/C20H18N4/c1-24(2)16-11-9-14(10-12-16)13-21-23-20-17-7-3-5-15-6-4-8-18(22-20)19(15)17/h3-13H,1-2H3,(H,22,23)/b21-13+. The molecule has 4 nitrogen and oxygen atoms in total. The van der Waals surface area contributed by atoms with Crippen LogP contribution in [-0.4, -0.2) is 26.1 Å². The average Bonchev–Trinajstić information content (AvgIpc) is 2.96. The van der Waals surface area contributed by atoms with Crippen LogP contribution in [0.5, 0.6) is 0 Å². The number of amidine groups is 1. The Hall–Kier alpha value is -3.14. The van der Waals surface area contributed by atoms with Crippen molar-refractivity contribution in [1.82, 2.24) is 5.43 Å². The van der Waals surface area contributed by atoms with Crippen molar-refractivity contribution in [2.75, 3.05) is 19.0 Å². The van der Waals surface area contributed by atoms with E-state index < -0.39 is 0 Å². The summed E-state index contributed by atoms with van der Waals surface area (Å²) in [4.78, 5) is 6.72. The normalized spacial score (nSPS) is 12.7. The van der Waals surface area contributed by atoms with E-state index in [9.17, 15) is 0 Å². The molecular formula is C20H18N4. The fraction of sp³-hybridized carbons (Fsp3) is 0.100. The van der Waals surface area contributed by atoms with Crippen molar-refractivity contribution >= 4 is 34.2 Å². The van der Waals surface area contributed by atoms with E-state index in [0.29, 0.717) is 0 Å². The van der Waals surface area contributed by atoms with Crippen molar-refractivity contribution in [3.8, 4) is 0 Å². The Morgan fingerprint density at radius 2 is 1.71 bits per heavy atom. The van der Waals surface area contributed by atoms with E-state index in [2.05, 4.69) is 50.8 Å². The third-order valence-electron chi connectivity index (χ3n) is 4.16. The van der Waals surface area contributed by atoms with Gasteiger partial charge in [0.15, 0.2) is 5.84 Å². The van der Waals surface area contributed by atoms with E-state index in [1.807, 2.05) is 50.6 Å². The molecule has 0 saturated heterocycles. The minimum atomic E-state index is 0.794. The summed E-state index contributed by atoms with van der Waals surface area (Å²) in [6.45, 7) is 0. The third-order valence-corrected chi connectivity index (χ3v) is 4.16. The van der Waals surface area contributed by atoms with Crippen molar-refractivity contribution in [1.29, 1.82) is 0 Å². The lowest BCUT2D eigenvalue weighted by atomic mass is 10.0. The van der Waals surface area contributed by atoms with Gasteiger partial charge in [0.2, 0.25) is 0 Å². The maximum absolute atomic E-state index is 4.65. The Morgan fingerprint density at radius 3 is 2.46 bits per heavy atom. The van der Waals surface area contributed by atoms with E-state index in [1.54, 1.807) is 0 Å². The summed E-state index contributed by atoms with van der Waals surface area (Å²) in [5, 5.41) is 6.74. The van der Waals surface area contributed by atoms with Gasteiger partial charge in [0.05, 0.1) is 11.9 Å². The Balaban J connectivity index is 1.54. The fourth-order valence-electron chi connectivity index (χ4n) is 2.90. The van der Waals surface area contributed by atoms with Crippen LogP contribution in [0.3, 0.4) is 0 Å². The largest absolute Gasteiger partial charge is 0.378 e. The molecule has 4 heteroatoms. The molecule has 0 spiro atoms. The maximum atomic E-state index is 4.65. The molecule has 4 rings (SSSR count). The lowest BCUT2D eigenvalue weighted by Gasteiger charge is -2.11. The summed E-state index contributed by atoms with van der Waals surface area (Å²) in [7, 11) is 4.06. The molecule has 0 amide bonds. The third kappa shape index (κ3) is 2.52. The highest BCUT2D eigenvalue weighted by Gasteiger charge is 2.17. The van der Waals surface area contributed by atoms with Gasteiger partial charge in [-0.25, -0.2) is 4.99 Å². The van der Waals surface area contributed by atoms with Crippen LogP contribution in [-0.2, 0) is 0 Å². The Morgan fingerprint density at radius 1 is 0.958 bits per heavy atom. The summed E-state index contributed by atoms with van der Waals surface area (Å²) < 4.78 is 0. The molecule has 3 aromatic carbocycles. The summed E-state index contributed by atoms with van der Waals surface area (Å²) in [6.07, 6.45) is 1.81. The van der Waals surface area contributed by atoms with Gasteiger partial charge in [-0.3, -0.25) is 5.43 Å². The number of anilines is 1. The van der Waals surface area contributed by atoms with Gasteiger partial charge >= 0.3 is 0 Å². The number of nitrogens with one attached hydrogen (secondary N) is 1. The van der Waals surface area contributed by atoms with Gasteiger partial charge in [-0.2, -0.15) is 5.10 Å². The van der Waals surface area contributed by atoms with Gasteiger partial charge in [0.25, 0.3) is 0 Å². The molecule has 0 bridgehead atoms. The van der Waals surface area contributed by atoms with Gasteiger partial charge in [0.1, 0.15) is 0 Å². The summed E-state index contributed by atoms with van der Waals surface area (Å²) in [5.74, 6) is 0.794. The van der Waals surface area contributed by atoms with Gasteiger partial charge in [0, 0.05) is 30.7 Å². The highest BCUT2D eigenvalue weighted by molar-refractivity contribution is 6.18. The smallest absolute Gasteiger partial charge is 0.154 e. The highest BCUT2D eigenvalue weighted by atomic mass is 15.3. The van der Waals surface area contributed by atoms with Crippen molar-refractivity contribution in [3.63, 3.8) is 0 Å². The zero-order chi connectivity index (χ0) is 16.5. The van der Waals surface area contributed by atoms with E-state index in [4.69, 9.17) is 0 Å². The number of hydrazone groups is 1. The predicted molar refractivity (Wildman–Crippen MR) is 102 cm³/mol. The monoisotopic (exact) mass is 314 g/mol. The lowest BCUT2D eigenvalue weighted by Crippen LogP contribution is -2.17. The van der Waals surface area contributed by atoms with Crippen molar-refractivity contribution in [2.24, 2.45) is 10.1 Å². The van der Waals surface area contributed by atoms with Crippen LogP contribution in [0.1, 0.15) is 11.1 Å². The quantitative estimate of drug-likeness (QED) is 0.588. The van der Waals surface area contributed by atoms with Gasteiger partial charge in [-0.1, -0.05) is 42.5 Å². The number of rotatable bonds is 3. The molecule has 1 aliphatic rings. The predicted octanol–water partition coefficient (Wildman–Crippen LogP) is 3.92. The van der Waals surface area contributed by atoms with Crippen LogP contribution in [0.15, 0.2) is 70.8 Å². The number of nitrogens with zero attached hydrogens (tertiary/aromatic N) is 3. The van der Waals surface area contributed by atoms with E-state index in [1.165, 1.54) is 16.5 Å². The van der Waals surface area contributed by atoms with Crippen LogP contribution >= 0.6 is 0 Å². The minimum absolute atomic E-state index is 0.794. The zero-order valence-corrected chi connectivity index (χ0v) is 13.7. The number of benzene rings is 3. The van der Waals surface area contributed by atoms with Gasteiger partial charge in [-0.15, -0.1) is 0 Å². The van der Waals surface area contributed by atoms with Crippen LogP contribution in [0.25, 0.3) is 10.8 Å². The first kappa shape index (κ1) is 14.5. The number of hydrogen-bond donors (Lipinski definition) is 1. The number of aliphatic imine (C=N–C) groups is 1. The number of hydrogen-bond acceptors (Lipinski definition) is 4. The molecule has 3 aromatic rings. The highest BCUT2D eigenvalue weighted by Crippen LogP contribution is 2.34. The van der Waals surface area contributed by atoms with Crippen LogP contribution < -0.4 is 10.3 Å². The molecule has 0 aromatic heterocycles. The second-order valence-corrected chi connectivity index (χ2v) is 6.00. The molecule has 0 saturated carbocycles. The molecule has 0 aliphatic carbocycles. The van der Waals surface area contributed by atoms with Crippen molar-refractivity contribution < 1.29 is 0 Å². The SMILES string of the molecule is CN(C)c1ccc(/C=N/NC2=Nc3cccc4cccc2c34)cc1. The second kappa shape index (κ2) is 5.81. The summed E-state index contributed by atoms with van der Waals surface area (Å²) in [6, 6.07) is 20.6. The molecule has 0 fully saturated rings. The van der Waals surface area contributed by atoms with E-state index in [-0.39, 0.29) is 0 Å². The average molecular weight is 314 g/mol. The van der Waals surface area contributed by atoms with Crippen LogP contribution in [0.2, 0.25) is 0 Å². The molecule has 0 unspecified atom stereocenters. The fourth-order valence-corrected chi connectivity index (χ4v) is 2.90. The molecule has 0 atom stereocenters. The Labute approximate surface area is 141 Å². The molecule has 0 radical (unpaired) electrons. The Bertz CT molecular complexity index is 948. The lowest BCUT2D eigenvalue weighted by molar-refractivity contribution is 1.04. The zero-order valence-electron chi connectivity index (χ0n) is 13.7. The first-order valence-corrected chi connectivity index (χ1v) is 7.90. The van der Waals surface area contributed by atoms with Crippen LogP contribution in [0.4, 0.5) is 11.4 Å². The molecule has 1 N–H and O–H groups in total. The maximum Gasteiger partial charge on any atom is 0.154 e. The molecule has 24 heavy (non-hydrogen) atoms. The van der Waals surface area contributed by atoms with E-state index in [0.717, 1.165) is 22.6 Å². The van der Waals surface area contributed by atoms with E-state index >= 15 is 0 Å². The second-order valence-electron chi connectivity index (χ2n) is 6.00. The van der Waals surface area contributed by atoms with Gasteiger partial charge in [-0.05, 0) is 29.1 Å². The van der Waals surface area contributed by atoms with Crippen LogP contribution in [0, 0.1) is 0 Å².